The lowest BCUT2D eigenvalue weighted by molar-refractivity contribution is -0.0266. The lowest BCUT2D eigenvalue weighted by Gasteiger charge is -2.33. The summed E-state index contributed by atoms with van der Waals surface area (Å²) < 4.78 is 6.17. The van der Waals surface area contributed by atoms with Crippen LogP contribution in [0, 0.1) is 12.8 Å². The minimum Gasteiger partial charge on any atom is -0.373 e. The molecule has 0 saturated carbocycles. The lowest BCUT2D eigenvalue weighted by Crippen LogP contribution is -2.42. The number of hydrogen-bond donors (Lipinski definition) is 2. The van der Waals surface area contributed by atoms with Crippen LogP contribution in [0.15, 0.2) is 65.8 Å². The molecule has 3 aromatic rings. The molecule has 0 amide bonds. The van der Waals surface area contributed by atoms with Gasteiger partial charge in [0.15, 0.2) is 5.96 Å². The zero-order chi connectivity index (χ0) is 22.3. The summed E-state index contributed by atoms with van der Waals surface area (Å²) >= 11 is 0. The zero-order valence-corrected chi connectivity index (χ0v) is 19.2. The minimum absolute atomic E-state index is 0.124. The molecule has 168 valence electrons. The van der Waals surface area contributed by atoms with E-state index in [-0.39, 0.29) is 6.10 Å². The van der Waals surface area contributed by atoms with E-state index in [1.807, 2.05) is 38.5 Å². The molecular formula is C26H33N5O. The Hall–Kier alpha value is -3.12. The summed E-state index contributed by atoms with van der Waals surface area (Å²) in [7, 11) is 3.86. The van der Waals surface area contributed by atoms with Crippen molar-refractivity contribution in [3.05, 3.63) is 77.7 Å². The Balaban J connectivity index is 1.36. The number of imidazole rings is 1. The highest BCUT2D eigenvalue weighted by atomic mass is 16.5. The van der Waals surface area contributed by atoms with Gasteiger partial charge in [0, 0.05) is 33.2 Å². The second-order valence-corrected chi connectivity index (χ2v) is 8.50. The van der Waals surface area contributed by atoms with Gasteiger partial charge in [-0.25, -0.2) is 4.98 Å². The van der Waals surface area contributed by atoms with Crippen molar-refractivity contribution in [1.29, 1.82) is 0 Å². The van der Waals surface area contributed by atoms with Crippen LogP contribution in [-0.2, 0) is 11.3 Å². The van der Waals surface area contributed by atoms with Gasteiger partial charge in [-0.05, 0) is 30.9 Å². The Kier molecular flexibility index (Phi) is 7.22. The highest BCUT2D eigenvalue weighted by molar-refractivity contribution is 5.79. The van der Waals surface area contributed by atoms with Crippen LogP contribution in [0.2, 0.25) is 0 Å². The van der Waals surface area contributed by atoms with E-state index < -0.39 is 0 Å². The molecule has 2 N–H and O–H groups in total. The molecule has 1 aliphatic heterocycles. The van der Waals surface area contributed by atoms with Crippen LogP contribution in [-0.4, -0.2) is 48.1 Å². The molecule has 0 radical (unpaired) electrons. The second kappa shape index (κ2) is 10.5. The molecule has 0 spiro atoms. The number of nitrogens with one attached hydrogen (secondary N) is 2. The molecule has 2 aromatic carbocycles. The summed E-state index contributed by atoms with van der Waals surface area (Å²) in [5, 5.41) is 3.56. The first-order valence-corrected chi connectivity index (χ1v) is 11.3. The smallest absolute Gasteiger partial charge is 0.193 e. The third-order valence-electron chi connectivity index (χ3n) is 6.05. The van der Waals surface area contributed by atoms with Crippen LogP contribution in [0.5, 0.6) is 0 Å². The summed E-state index contributed by atoms with van der Waals surface area (Å²) in [6, 6.07) is 19.0. The van der Waals surface area contributed by atoms with Crippen molar-refractivity contribution in [2.75, 3.05) is 27.2 Å². The largest absolute Gasteiger partial charge is 0.373 e. The summed E-state index contributed by atoms with van der Waals surface area (Å²) in [6.07, 6.45) is 4.25. The third kappa shape index (κ3) is 5.37. The maximum atomic E-state index is 6.17. The van der Waals surface area contributed by atoms with Gasteiger partial charge in [-0.15, -0.1) is 0 Å². The van der Waals surface area contributed by atoms with Gasteiger partial charge < -0.3 is 19.9 Å². The molecule has 2 unspecified atom stereocenters. The first-order valence-electron chi connectivity index (χ1n) is 11.3. The number of H-pyrrole nitrogens is 1. The van der Waals surface area contributed by atoms with Crippen LogP contribution in [0.3, 0.4) is 0 Å². The summed E-state index contributed by atoms with van der Waals surface area (Å²) in [5.41, 5.74) is 4.69. The number of aromatic nitrogens is 2. The van der Waals surface area contributed by atoms with E-state index in [2.05, 4.69) is 68.5 Å². The molecule has 4 rings (SSSR count). The Morgan fingerprint density at radius 2 is 1.97 bits per heavy atom. The van der Waals surface area contributed by atoms with Gasteiger partial charge >= 0.3 is 0 Å². The number of benzene rings is 2. The normalized spacial score (nSPS) is 19.0. The number of hydrogen-bond acceptors (Lipinski definition) is 3. The van der Waals surface area contributed by atoms with Crippen molar-refractivity contribution in [3.8, 4) is 11.3 Å². The molecular weight excluding hydrogens is 398 g/mol. The fourth-order valence-corrected chi connectivity index (χ4v) is 4.29. The summed E-state index contributed by atoms with van der Waals surface area (Å²) in [6.45, 7) is 4.41. The molecule has 32 heavy (non-hydrogen) atoms. The van der Waals surface area contributed by atoms with Crippen LogP contribution in [0.4, 0.5) is 0 Å². The number of ether oxygens (including phenoxy) is 1. The first kappa shape index (κ1) is 22.1. The van der Waals surface area contributed by atoms with Crippen molar-refractivity contribution >= 4 is 5.96 Å². The molecule has 0 bridgehead atoms. The van der Waals surface area contributed by atoms with Crippen LogP contribution in [0.1, 0.15) is 35.9 Å². The molecule has 1 fully saturated rings. The molecule has 6 nitrogen and oxygen atoms in total. The predicted octanol–water partition coefficient (Wildman–Crippen LogP) is 4.56. The van der Waals surface area contributed by atoms with Crippen molar-refractivity contribution in [3.63, 3.8) is 0 Å². The van der Waals surface area contributed by atoms with E-state index in [0.717, 1.165) is 49.0 Å². The van der Waals surface area contributed by atoms with Crippen molar-refractivity contribution in [2.24, 2.45) is 10.9 Å². The maximum Gasteiger partial charge on any atom is 0.193 e. The zero-order valence-electron chi connectivity index (χ0n) is 19.2. The molecule has 6 heteroatoms. The van der Waals surface area contributed by atoms with E-state index in [9.17, 15) is 0 Å². The average molecular weight is 432 g/mol. The second-order valence-electron chi connectivity index (χ2n) is 8.50. The molecule has 1 aromatic heterocycles. The molecule has 2 atom stereocenters. The van der Waals surface area contributed by atoms with Crippen LogP contribution < -0.4 is 5.32 Å². The summed E-state index contributed by atoms with van der Waals surface area (Å²) in [4.78, 5) is 14.6. The van der Waals surface area contributed by atoms with E-state index in [1.165, 1.54) is 11.1 Å². The average Bonchev–Trinajstić information content (AvgIpc) is 3.29. The van der Waals surface area contributed by atoms with E-state index in [4.69, 9.17) is 4.74 Å². The predicted molar refractivity (Wildman–Crippen MR) is 129 cm³/mol. The number of nitrogens with zero attached hydrogens (tertiary/aromatic N) is 3. The van der Waals surface area contributed by atoms with Gasteiger partial charge in [0.05, 0.1) is 24.5 Å². The quantitative estimate of drug-likeness (QED) is 0.444. The van der Waals surface area contributed by atoms with E-state index in [0.29, 0.717) is 12.5 Å². The number of guanidine groups is 1. The Morgan fingerprint density at radius 3 is 2.72 bits per heavy atom. The number of aryl methyl sites for hydroxylation is 1. The monoisotopic (exact) mass is 431 g/mol. The van der Waals surface area contributed by atoms with E-state index in [1.54, 1.807) is 0 Å². The lowest BCUT2D eigenvalue weighted by atomic mass is 9.89. The molecule has 2 heterocycles. The summed E-state index contributed by atoms with van der Waals surface area (Å²) in [5.74, 6) is 2.17. The molecule has 0 aliphatic carbocycles. The van der Waals surface area contributed by atoms with Crippen LogP contribution >= 0.6 is 0 Å². The Labute approximate surface area is 190 Å². The number of aromatic amines is 1. The topological polar surface area (TPSA) is 65.5 Å². The third-order valence-corrected chi connectivity index (χ3v) is 6.05. The Bertz CT molecular complexity index is 1010. The van der Waals surface area contributed by atoms with E-state index >= 15 is 0 Å². The van der Waals surface area contributed by atoms with Crippen LogP contribution in [0.25, 0.3) is 11.3 Å². The Morgan fingerprint density at radius 1 is 1.19 bits per heavy atom. The fourth-order valence-electron chi connectivity index (χ4n) is 4.29. The van der Waals surface area contributed by atoms with Crippen molar-refractivity contribution in [2.45, 2.75) is 32.4 Å². The number of rotatable bonds is 6. The fraction of sp³-hybridized carbons (Fsp3) is 0.385. The first-order chi connectivity index (χ1) is 15.6. The standard InChI is InChI=1S/C26H33N5O/c1-19-11-13-21(14-12-19)25-22(10-7-15-32-25)16-29-26(27-2)31(3)18-24-28-17-23(30-24)20-8-5-4-6-9-20/h4-6,8-9,11-14,17,22,25H,7,10,15-16,18H2,1-3H3,(H,27,29)(H,28,30). The van der Waals surface area contributed by atoms with Gasteiger partial charge in [-0.1, -0.05) is 60.2 Å². The SMILES string of the molecule is CN=C(NCC1CCCOC1c1ccc(C)cc1)N(C)Cc1ncc(-c2ccccc2)[nH]1. The van der Waals surface area contributed by atoms with Gasteiger partial charge in [0.2, 0.25) is 0 Å². The van der Waals surface area contributed by atoms with Gasteiger partial charge in [0.25, 0.3) is 0 Å². The number of aliphatic imine (C=N–C) groups is 1. The van der Waals surface area contributed by atoms with Crippen molar-refractivity contribution in [1.82, 2.24) is 20.2 Å². The maximum absolute atomic E-state index is 6.17. The van der Waals surface area contributed by atoms with Gasteiger partial charge in [0.1, 0.15) is 5.82 Å². The molecule has 1 saturated heterocycles. The minimum atomic E-state index is 0.124. The highest BCUT2D eigenvalue weighted by Crippen LogP contribution is 2.33. The molecule has 1 aliphatic rings. The van der Waals surface area contributed by atoms with Crippen molar-refractivity contribution < 1.29 is 4.74 Å². The van der Waals surface area contributed by atoms with Gasteiger partial charge in [-0.3, -0.25) is 4.99 Å². The van der Waals surface area contributed by atoms with Gasteiger partial charge in [-0.2, -0.15) is 0 Å². The highest BCUT2D eigenvalue weighted by Gasteiger charge is 2.27.